The van der Waals surface area contributed by atoms with E-state index in [0.717, 1.165) is 16.4 Å². The van der Waals surface area contributed by atoms with Gasteiger partial charge in [-0.2, -0.15) is 17.5 Å². The first-order valence-corrected chi connectivity index (χ1v) is 7.62. The lowest BCUT2D eigenvalue weighted by atomic mass is 10.2. The van der Waals surface area contributed by atoms with Crippen LogP contribution in [-0.4, -0.2) is 38.9 Å². The molecule has 1 fully saturated rings. The second-order valence-corrected chi connectivity index (χ2v) is 6.61. The van der Waals surface area contributed by atoms with Gasteiger partial charge < -0.3 is 5.32 Å². The Labute approximate surface area is 131 Å². The van der Waals surface area contributed by atoms with Crippen molar-refractivity contribution >= 4 is 34.0 Å². The summed E-state index contributed by atoms with van der Waals surface area (Å²) in [4.78, 5) is -0.504. The summed E-state index contributed by atoms with van der Waals surface area (Å²) in [6, 6.07) is 2.30. The third-order valence-electron chi connectivity index (χ3n) is 2.95. The van der Waals surface area contributed by atoms with Crippen molar-refractivity contribution < 1.29 is 21.6 Å². The van der Waals surface area contributed by atoms with Crippen LogP contribution in [0.5, 0.6) is 0 Å². The Morgan fingerprint density at radius 3 is 2.29 bits per heavy atom. The minimum Gasteiger partial charge on any atom is -0.314 e. The van der Waals surface area contributed by atoms with Crippen molar-refractivity contribution in [3.05, 3.63) is 28.8 Å². The van der Waals surface area contributed by atoms with E-state index in [1.807, 2.05) is 0 Å². The van der Waals surface area contributed by atoms with Gasteiger partial charge in [-0.3, -0.25) is 0 Å². The Kier molecular flexibility index (Phi) is 5.91. The standard InChI is InChI=1S/C11H12ClF3N2O2S.ClH/c12-9-2-1-8(11(13,14)15)7-10(9)20(18,19)17-5-3-16-4-6-17;/h1-2,7,16H,3-6H2;1H. The van der Waals surface area contributed by atoms with E-state index in [0.29, 0.717) is 19.2 Å². The third-order valence-corrected chi connectivity index (χ3v) is 5.33. The highest BCUT2D eigenvalue weighted by Crippen LogP contribution is 2.34. The van der Waals surface area contributed by atoms with Crippen LogP contribution in [0.15, 0.2) is 23.1 Å². The molecule has 0 saturated carbocycles. The minimum absolute atomic E-state index is 0. The Morgan fingerprint density at radius 1 is 1.19 bits per heavy atom. The average molecular weight is 365 g/mol. The van der Waals surface area contributed by atoms with Crippen LogP contribution in [-0.2, 0) is 16.2 Å². The van der Waals surface area contributed by atoms with E-state index in [1.165, 1.54) is 0 Å². The predicted molar refractivity (Wildman–Crippen MR) is 75.3 cm³/mol. The van der Waals surface area contributed by atoms with E-state index < -0.39 is 26.7 Å². The SMILES string of the molecule is Cl.O=S(=O)(c1cc(C(F)(F)F)ccc1Cl)N1CCNCC1. The molecular weight excluding hydrogens is 352 g/mol. The highest BCUT2D eigenvalue weighted by molar-refractivity contribution is 7.89. The lowest BCUT2D eigenvalue weighted by Gasteiger charge is -2.27. The number of nitrogens with zero attached hydrogens (tertiary/aromatic N) is 1. The van der Waals surface area contributed by atoms with Crippen molar-refractivity contribution in [3.63, 3.8) is 0 Å². The zero-order valence-corrected chi connectivity index (χ0v) is 13.0. The molecule has 0 spiro atoms. The fourth-order valence-corrected chi connectivity index (χ4v) is 3.84. The zero-order chi connectivity index (χ0) is 15.0. The molecule has 1 saturated heterocycles. The molecular formula is C11H13Cl2F3N2O2S. The summed E-state index contributed by atoms with van der Waals surface area (Å²) in [5.41, 5.74) is -1.03. The van der Waals surface area contributed by atoms with Crippen LogP contribution in [0.4, 0.5) is 13.2 Å². The fraction of sp³-hybridized carbons (Fsp3) is 0.455. The molecule has 1 aliphatic rings. The van der Waals surface area contributed by atoms with Gasteiger partial charge in [-0.1, -0.05) is 11.6 Å². The molecule has 0 radical (unpaired) electrons. The molecule has 1 aromatic carbocycles. The monoisotopic (exact) mass is 364 g/mol. The molecule has 1 heterocycles. The van der Waals surface area contributed by atoms with Crippen molar-refractivity contribution in [2.45, 2.75) is 11.1 Å². The number of piperazine rings is 1. The maximum absolute atomic E-state index is 12.7. The summed E-state index contributed by atoms with van der Waals surface area (Å²) in [7, 11) is -4.01. The molecule has 1 aliphatic heterocycles. The van der Waals surface area contributed by atoms with Gasteiger partial charge in [-0.15, -0.1) is 12.4 Å². The Bertz CT molecular complexity index is 602. The molecule has 0 bridgehead atoms. The molecule has 21 heavy (non-hydrogen) atoms. The van der Waals surface area contributed by atoms with Crippen molar-refractivity contribution in [3.8, 4) is 0 Å². The molecule has 1 aromatic rings. The van der Waals surface area contributed by atoms with Gasteiger partial charge in [-0.25, -0.2) is 8.42 Å². The second-order valence-electron chi connectivity index (χ2n) is 4.30. The largest absolute Gasteiger partial charge is 0.416 e. The topological polar surface area (TPSA) is 49.4 Å². The van der Waals surface area contributed by atoms with E-state index in [4.69, 9.17) is 11.6 Å². The number of benzene rings is 1. The maximum Gasteiger partial charge on any atom is 0.416 e. The first-order valence-electron chi connectivity index (χ1n) is 5.80. The first-order chi connectivity index (χ1) is 9.23. The number of sulfonamides is 1. The Morgan fingerprint density at radius 2 is 1.76 bits per heavy atom. The molecule has 0 amide bonds. The van der Waals surface area contributed by atoms with Crippen LogP contribution < -0.4 is 5.32 Å². The number of halogens is 5. The van der Waals surface area contributed by atoms with Gasteiger partial charge in [0.2, 0.25) is 10.0 Å². The van der Waals surface area contributed by atoms with E-state index in [-0.39, 0.29) is 30.5 Å². The quantitative estimate of drug-likeness (QED) is 0.876. The van der Waals surface area contributed by atoms with Gasteiger partial charge in [0.05, 0.1) is 10.6 Å². The van der Waals surface area contributed by atoms with Gasteiger partial charge in [-0.05, 0) is 18.2 Å². The number of hydrogen-bond donors (Lipinski definition) is 1. The lowest BCUT2D eigenvalue weighted by Crippen LogP contribution is -2.46. The van der Waals surface area contributed by atoms with E-state index >= 15 is 0 Å². The molecule has 0 aromatic heterocycles. The van der Waals surface area contributed by atoms with Crippen LogP contribution in [0.1, 0.15) is 5.56 Å². The molecule has 0 aliphatic carbocycles. The van der Waals surface area contributed by atoms with Crippen LogP contribution in [0.25, 0.3) is 0 Å². The van der Waals surface area contributed by atoms with Gasteiger partial charge in [0.1, 0.15) is 4.90 Å². The summed E-state index contributed by atoms with van der Waals surface area (Å²) < 4.78 is 63.8. The first kappa shape index (κ1) is 18.5. The average Bonchev–Trinajstić information content (AvgIpc) is 2.38. The molecule has 4 nitrogen and oxygen atoms in total. The smallest absolute Gasteiger partial charge is 0.314 e. The molecule has 120 valence electrons. The minimum atomic E-state index is -4.61. The summed E-state index contributed by atoms with van der Waals surface area (Å²) in [6.07, 6.45) is -4.61. The molecule has 0 unspecified atom stereocenters. The van der Waals surface area contributed by atoms with Crippen molar-refractivity contribution in [2.24, 2.45) is 0 Å². The molecule has 2 rings (SSSR count). The number of nitrogens with one attached hydrogen (secondary N) is 1. The van der Waals surface area contributed by atoms with Crippen LogP contribution in [0.2, 0.25) is 5.02 Å². The van der Waals surface area contributed by atoms with E-state index in [9.17, 15) is 21.6 Å². The van der Waals surface area contributed by atoms with Gasteiger partial charge in [0, 0.05) is 26.2 Å². The van der Waals surface area contributed by atoms with E-state index in [2.05, 4.69) is 5.32 Å². The number of alkyl halides is 3. The molecule has 10 heteroatoms. The highest BCUT2D eigenvalue weighted by Gasteiger charge is 2.34. The highest BCUT2D eigenvalue weighted by atomic mass is 35.5. The van der Waals surface area contributed by atoms with Crippen LogP contribution in [0, 0.1) is 0 Å². The maximum atomic E-state index is 12.7. The number of rotatable bonds is 2. The second kappa shape index (κ2) is 6.70. The zero-order valence-electron chi connectivity index (χ0n) is 10.7. The van der Waals surface area contributed by atoms with Crippen LogP contribution in [0.3, 0.4) is 0 Å². The molecule has 0 atom stereocenters. The predicted octanol–water partition coefficient (Wildman–Crippen LogP) is 2.37. The van der Waals surface area contributed by atoms with E-state index in [1.54, 1.807) is 0 Å². The van der Waals surface area contributed by atoms with Gasteiger partial charge in [0.15, 0.2) is 0 Å². The Balaban J connectivity index is 0.00000220. The summed E-state index contributed by atoms with van der Waals surface area (Å²) in [5, 5.41) is 2.76. The summed E-state index contributed by atoms with van der Waals surface area (Å²) >= 11 is 5.76. The lowest BCUT2D eigenvalue weighted by molar-refractivity contribution is -0.137. The van der Waals surface area contributed by atoms with Crippen molar-refractivity contribution in [1.82, 2.24) is 9.62 Å². The van der Waals surface area contributed by atoms with Crippen molar-refractivity contribution in [1.29, 1.82) is 0 Å². The Hall–Kier alpha value is -0.540. The van der Waals surface area contributed by atoms with Crippen molar-refractivity contribution in [2.75, 3.05) is 26.2 Å². The number of hydrogen-bond acceptors (Lipinski definition) is 3. The van der Waals surface area contributed by atoms with Crippen LogP contribution >= 0.6 is 24.0 Å². The normalized spacial score (nSPS) is 17.3. The van der Waals surface area contributed by atoms with Gasteiger partial charge >= 0.3 is 6.18 Å². The molecule has 1 N–H and O–H groups in total. The summed E-state index contributed by atoms with van der Waals surface area (Å²) in [6.45, 7) is 1.31. The third kappa shape index (κ3) is 4.01. The van der Waals surface area contributed by atoms with Gasteiger partial charge in [0.25, 0.3) is 0 Å². The fourth-order valence-electron chi connectivity index (χ4n) is 1.90. The summed E-state index contributed by atoms with van der Waals surface area (Å²) in [5.74, 6) is 0.